The Morgan fingerprint density at radius 2 is 2.14 bits per heavy atom. The van der Waals surface area contributed by atoms with Crippen LogP contribution < -0.4 is 0 Å². The Morgan fingerprint density at radius 3 is 2.57 bits per heavy atom. The van der Waals surface area contributed by atoms with E-state index in [1.165, 1.54) is 0 Å². The summed E-state index contributed by atoms with van der Waals surface area (Å²) in [5.74, 6) is -0.0869. The van der Waals surface area contributed by atoms with Crippen molar-refractivity contribution in [1.29, 1.82) is 5.26 Å². The van der Waals surface area contributed by atoms with E-state index < -0.39 is 0 Å². The average molecular weight is 188 g/mol. The minimum atomic E-state index is -0.0869. The van der Waals surface area contributed by atoms with Crippen LogP contribution in [0, 0.1) is 16.7 Å². The fourth-order valence-corrected chi connectivity index (χ4v) is 1.41. The Morgan fingerprint density at radius 1 is 1.43 bits per heavy atom. The molecule has 0 aromatic carbocycles. The summed E-state index contributed by atoms with van der Waals surface area (Å²) in [6.45, 7) is 6.42. The first-order valence-electron chi connectivity index (χ1n) is 4.83. The quantitative estimate of drug-likeness (QED) is 0.715. The summed E-state index contributed by atoms with van der Waals surface area (Å²) < 4.78 is 0. The van der Waals surface area contributed by atoms with Gasteiger partial charge >= 0.3 is 0 Å². The van der Waals surface area contributed by atoms with Crippen molar-refractivity contribution in [1.82, 2.24) is 4.98 Å². The highest BCUT2D eigenvalue weighted by molar-refractivity contribution is 5.16. The molecule has 0 aliphatic carbocycles. The molecule has 0 aliphatic heterocycles. The van der Waals surface area contributed by atoms with E-state index in [2.05, 4.69) is 31.8 Å². The van der Waals surface area contributed by atoms with Gasteiger partial charge < -0.3 is 0 Å². The van der Waals surface area contributed by atoms with Gasteiger partial charge in [-0.3, -0.25) is 4.98 Å². The molecule has 0 radical (unpaired) electrons. The van der Waals surface area contributed by atoms with Crippen LogP contribution in [0.25, 0.3) is 0 Å². The maximum absolute atomic E-state index is 9.05. The van der Waals surface area contributed by atoms with Crippen molar-refractivity contribution in [3.05, 3.63) is 30.1 Å². The summed E-state index contributed by atoms with van der Waals surface area (Å²) in [5, 5.41) is 9.05. The van der Waals surface area contributed by atoms with Crippen LogP contribution in [0.4, 0.5) is 0 Å². The molecule has 1 atom stereocenters. The van der Waals surface area contributed by atoms with Crippen LogP contribution in [0.5, 0.6) is 0 Å². The van der Waals surface area contributed by atoms with Crippen LogP contribution in [-0.4, -0.2) is 4.98 Å². The van der Waals surface area contributed by atoms with Gasteiger partial charge in [0.1, 0.15) is 0 Å². The molecule has 0 fully saturated rings. The van der Waals surface area contributed by atoms with Gasteiger partial charge in [-0.1, -0.05) is 26.8 Å². The number of rotatable bonds is 2. The van der Waals surface area contributed by atoms with E-state index in [0.29, 0.717) is 0 Å². The Labute approximate surface area is 85.6 Å². The first kappa shape index (κ1) is 10.7. The third kappa shape index (κ3) is 3.18. The lowest BCUT2D eigenvalue weighted by Crippen LogP contribution is -2.11. The summed E-state index contributed by atoms with van der Waals surface area (Å²) in [6, 6.07) is 8.02. The number of pyridine rings is 1. The molecule has 0 spiro atoms. The predicted molar refractivity (Wildman–Crippen MR) is 56.7 cm³/mol. The van der Waals surface area contributed by atoms with Gasteiger partial charge in [-0.2, -0.15) is 5.26 Å². The van der Waals surface area contributed by atoms with Crippen LogP contribution in [0.1, 0.15) is 38.8 Å². The van der Waals surface area contributed by atoms with Crippen molar-refractivity contribution in [2.75, 3.05) is 0 Å². The monoisotopic (exact) mass is 188 g/mol. The van der Waals surface area contributed by atoms with Crippen LogP contribution >= 0.6 is 0 Å². The zero-order valence-corrected chi connectivity index (χ0v) is 8.99. The van der Waals surface area contributed by atoms with E-state index >= 15 is 0 Å². The van der Waals surface area contributed by atoms with Gasteiger partial charge in [0.15, 0.2) is 0 Å². The van der Waals surface area contributed by atoms with E-state index in [0.717, 1.165) is 12.1 Å². The zero-order chi connectivity index (χ0) is 10.6. The maximum atomic E-state index is 9.05. The summed E-state index contributed by atoms with van der Waals surface area (Å²) in [6.07, 6.45) is 2.59. The number of nitrogens with zero attached hydrogens (tertiary/aromatic N) is 2. The lowest BCUT2D eigenvalue weighted by Gasteiger charge is -2.21. The maximum Gasteiger partial charge on any atom is 0.0889 e. The van der Waals surface area contributed by atoms with Crippen molar-refractivity contribution in [3.8, 4) is 6.07 Å². The van der Waals surface area contributed by atoms with Gasteiger partial charge in [-0.15, -0.1) is 0 Å². The summed E-state index contributed by atoms with van der Waals surface area (Å²) in [7, 11) is 0. The van der Waals surface area contributed by atoms with Gasteiger partial charge in [-0.25, -0.2) is 0 Å². The smallest absolute Gasteiger partial charge is 0.0889 e. The van der Waals surface area contributed by atoms with Crippen molar-refractivity contribution in [2.45, 2.75) is 33.1 Å². The number of hydrogen-bond donors (Lipinski definition) is 0. The van der Waals surface area contributed by atoms with Gasteiger partial charge in [0.2, 0.25) is 0 Å². The highest BCUT2D eigenvalue weighted by Crippen LogP contribution is 2.29. The van der Waals surface area contributed by atoms with Crippen molar-refractivity contribution >= 4 is 0 Å². The minimum absolute atomic E-state index is 0.0869. The molecule has 0 saturated carbocycles. The normalized spacial score (nSPS) is 13.3. The highest BCUT2D eigenvalue weighted by Gasteiger charge is 2.20. The van der Waals surface area contributed by atoms with Crippen LogP contribution in [-0.2, 0) is 0 Å². The topological polar surface area (TPSA) is 36.7 Å². The lowest BCUT2D eigenvalue weighted by molar-refractivity contribution is 0.361. The van der Waals surface area contributed by atoms with Gasteiger partial charge in [0.25, 0.3) is 0 Å². The molecule has 2 nitrogen and oxygen atoms in total. The third-order valence-electron chi connectivity index (χ3n) is 2.02. The fourth-order valence-electron chi connectivity index (χ4n) is 1.41. The second-order valence-corrected chi connectivity index (χ2v) is 4.70. The van der Waals surface area contributed by atoms with Crippen molar-refractivity contribution < 1.29 is 0 Å². The summed E-state index contributed by atoms with van der Waals surface area (Å²) in [4.78, 5) is 4.21. The first-order chi connectivity index (χ1) is 6.53. The second kappa shape index (κ2) is 4.23. The summed E-state index contributed by atoms with van der Waals surface area (Å²) in [5.41, 5.74) is 1.04. The highest BCUT2D eigenvalue weighted by atomic mass is 14.7. The van der Waals surface area contributed by atoms with Crippen molar-refractivity contribution in [2.24, 2.45) is 5.41 Å². The molecule has 0 bridgehead atoms. The molecule has 0 saturated heterocycles. The molecule has 1 aromatic rings. The molecule has 1 aromatic heterocycles. The third-order valence-corrected chi connectivity index (χ3v) is 2.02. The molecular formula is C12H16N2. The molecular weight excluding hydrogens is 172 g/mol. The summed E-state index contributed by atoms with van der Waals surface area (Å²) >= 11 is 0. The van der Waals surface area contributed by atoms with Crippen LogP contribution in [0.15, 0.2) is 24.4 Å². The number of nitriles is 1. The molecule has 74 valence electrons. The Kier molecular flexibility index (Phi) is 3.24. The molecule has 0 N–H and O–H groups in total. The Bertz CT molecular complexity index is 316. The molecule has 1 unspecified atom stereocenters. The zero-order valence-electron chi connectivity index (χ0n) is 8.99. The number of aromatic nitrogens is 1. The van der Waals surface area contributed by atoms with Gasteiger partial charge in [0.05, 0.1) is 17.7 Å². The molecule has 1 rings (SSSR count). The molecule has 2 heteroatoms. The van der Waals surface area contributed by atoms with E-state index in [4.69, 9.17) is 5.26 Å². The van der Waals surface area contributed by atoms with E-state index in [9.17, 15) is 0 Å². The molecule has 14 heavy (non-hydrogen) atoms. The predicted octanol–water partition coefficient (Wildman–Crippen LogP) is 3.12. The van der Waals surface area contributed by atoms with Crippen LogP contribution in [0.2, 0.25) is 0 Å². The van der Waals surface area contributed by atoms with E-state index in [1.807, 2.05) is 18.2 Å². The Balaban J connectivity index is 2.80. The SMILES string of the molecule is CC(C)(C)CC(C#N)c1ccccn1. The van der Waals surface area contributed by atoms with E-state index in [1.54, 1.807) is 6.20 Å². The average Bonchev–Trinajstić information content (AvgIpc) is 2.14. The fraction of sp³-hybridized carbons (Fsp3) is 0.500. The van der Waals surface area contributed by atoms with Crippen LogP contribution in [0.3, 0.4) is 0 Å². The molecule has 0 aliphatic rings. The van der Waals surface area contributed by atoms with Crippen molar-refractivity contribution in [3.63, 3.8) is 0 Å². The second-order valence-electron chi connectivity index (χ2n) is 4.70. The van der Waals surface area contributed by atoms with Gasteiger partial charge in [0, 0.05) is 6.20 Å². The number of hydrogen-bond acceptors (Lipinski definition) is 2. The molecule has 1 heterocycles. The first-order valence-corrected chi connectivity index (χ1v) is 4.83. The standard InChI is InChI=1S/C12H16N2/c1-12(2,3)8-10(9-13)11-6-4-5-7-14-11/h4-7,10H,8H2,1-3H3. The van der Waals surface area contributed by atoms with Gasteiger partial charge in [-0.05, 0) is 24.0 Å². The molecule has 0 amide bonds. The minimum Gasteiger partial charge on any atom is -0.260 e. The lowest BCUT2D eigenvalue weighted by atomic mass is 9.84. The Hall–Kier alpha value is -1.36. The largest absolute Gasteiger partial charge is 0.260 e. The van der Waals surface area contributed by atoms with E-state index in [-0.39, 0.29) is 11.3 Å².